The van der Waals surface area contributed by atoms with E-state index in [-0.39, 0.29) is 11.8 Å². The van der Waals surface area contributed by atoms with Gasteiger partial charge in [0.2, 0.25) is 0 Å². The van der Waals surface area contributed by atoms with Crippen LogP contribution < -0.4 is 5.32 Å². The van der Waals surface area contributed by atoms with Crippen molar-refractivity contribution in [1.82, 2.24) is 25.4 Å². The normalized spacial score (nSPS) is 10.9. The summed E-state index contributed by atoms with van der Waals surface area (Å²) < 4.78 is 0. The summed E-state index contributed by atoms with van der Waals surface area (Å²) in [6.45, 7) is 0.628. The summed E-state index contributed by atoms with van der Waals surface area (Å²) in [6.07, 6.45) is 0.755. The molecule has 26 heavy (non-hydrogen) atoms. The van der Waals surface area contributed by atoms with Crippen molar-refractivity contribution in [2.24, 2.45) is 0 Å². The molecular weight excluding hydrogens is 332 g/mol. The number of nitrogens with one attached hydrogen (secondary N) is 2. The Hall–Kier alpha value is -3.68. The molecule has 4 aromatic rings. The number of hydrogen-bond donors (Lipinski definition) is 4. The van der Waals surface area contributed by atoms with Crippen molar-refractivity contribution in [2.45, 2.75) is 6.42 Å². The van der Waals surface area contributed by atoms with E-state index < -0.39 is 0 Å². The highest BCUT2D eigenvalue weighted by Crippen LogP contribution is 2.24. The summed E-state index contributed by atoms with van der Waals surface area (Å²) in [7, 11) is 0. The number of nitrogens with zero attached hydrogens (tertiary/aromatic N) is 4. The summed E-state index contributed by atoms with van der Waals surface area (Å²) in [4.78, 5) is 8.11. The van der Waals surface area contributed by atoms with E-state index in [0.717, 1.165) is 28.6 Å². The van der Waals surface area contributed by atoms with Crippen LogP contribution in [0.25, 0.3) is 22.3 Å². The highest BCUT2D eigenvalue weighted by atomic mass is 16.3. The minimum atomic E-state index is -0.296. The molecule has 0 aliphatic carbocycles. The molecule has 8 heteroatoms. The maximum Gasteiger partial charge on any atom is 0.316 e. The number of aromatic nitrogens is 5. The molecule has 0 aliphatic heterocycles. The quantitative estimate of drug-likeness (QED) is 0.437. The molecule has 0 amide bonds. The molecule has 130 valence electrons. The second-order valence-corrected chi connectivity index (χ2v) is 5.83. The molecular formula is C18H16N6O2. The second-order valence-electron chi connectivity index (χ2n) is 5.83. The van der Waals surface area contributed by atoms with Gasteiger partial charge in [0.25, 0.3) is 0 Å². The van der Waals surface area contributed by atoms with E-state index in [0.29, 0.717) is 18.1 Å². The number of hydrogen-bond acceptors (Lipinski definition) is 7. The summed E-state index contributed by atoms with van der Waals surface area (Å²) >= 11 is 0. The maximum atomic E-state index is 9.85. The molecule has 8 nitrogen and oxygen atoms in total. The van der Waals surface area contributed by atoms with Crippen LogP contribution in [0.1, 0.15) is 5.56 Å². The Balaban J connectivity index is 1.51. The van der Waals surface area contributed by atoms with Gasteiger partial charge in [0.15, 0.2) is 0 Å². The Morgan fingerprint density at radius 2 is 1.81 bits per heavy atom. The molecule has 0 radical (unpaired) electrons. The van der Waals surface area contributed by atoms with Crippen LogP contribution in [0.5, 0.6) is 11.8 Å². The Morgan fingerprint density at radius 1 is 0.962 bits per heavy atom. The van der Waals surface area contributed by atoms with Gasteiger partial charge in [-0.25, -0.2) is 0 Å². The molecule has 0 fully saturated rings. The van der Waals surface area contributed by atoms with E-state index in [2.05, 4.69) is 30.7 Å². The summed E-state index contributed by atoms with van der Waals surface area (Å²) in [5.74, 6) is 0.780. The van der Waals surface area contributed by atoms with Crippen LogP contribution in [0.4, 0.5) is 5.82 Å². The van der Waals surface area contributed by atoms with Gasteiger partial charge >= 0.3 is 6.01 Å². The average molecular weight is 348 g/mol. The predicted octanol–water partition coefficient (Wildman–Crippen LogP) is 2.48. The van der Waals surface area contributed by atoms with Gasteiger partial charge in [-0.2, -0.15) is 9.97 Å². The summed E-state index contributed by atoms with van der Waals surface area (Å²) in [5, 5.41) is 32.9. The first-order valence-corrected chi connectivity index (χ1v) is 8.08. The molecule has 0 aliphatic rings. The van der Waals surface area contributed by atoms with Crippen LogP contribution in [0.3, 0.4) is 0 Å². The summed E-state index contributed by atoms with van der Waals surface area (Å²) in [5.41, 5.74) is 4.05. The number of H-pyrrole nitrogens is 1. The van der Waals surface area contributed by atoms with Gasteiger partial charge in [-0.05, 0) is 36.2 Å². The lowest BCUT2D eigenvalue weighted by atomic mass is 10.1. The Bertz CT molecular complexity index is 1050. The minimum Gasteiger partial charge on any atom is -0.508 e. The first-order chi connectivity index (χ1) is 12.7. The molecule has 4 rings (SSSR count). The summed E-state index contributed by atoms with van der Waals surface area (Å²) in [6, 6.07) is 14.1. The van der Waals surface area contributed by atoms with Crippen molar-refractivity contribution in [1.29, 1.82) is 0 Å². The lowest BCUT2D eigenvalue weighted by Gasteiger charge is -2.08. The van der Waals surface area contributed by atoms with Crippen LogP contribution in [0.15, 0.2) is 48.5 Å². The third kappa shape index (κ3) is 3.39. The van der Waals surface area contributed by atoms with Crippen molar-refractivity contribution in [3.8, 4) is 23.0 Å². The van der Waals surface area contributed by atoms with E-state index in [1.165, 1.54) is 0 Å². The van der Waals surface area contributed by atoms with Crippen LogP contribution >= 0.6 is 0 Å². The highest BCUT2D eigenvalue weighted by Gasteiger charge is 2.08. The van der Waals surface area contributed by atoms with Gasteiger partial charge in [-0.3, -0.25) is 5.10 Å². The molecule has 0 spiro atoms. The van der Waals surface area contributed by atoms with Crippen molar-refractivity contribution in [2.75, 3.05) is 11.9 Å². The number of phenolic OH excluding ortho intramolecular Hbond substituents is 1. The first kappa shape index (κ1) is 15.8. The molecule has 0 saturated carbocycles. The first-order valence-electron chi connectivity index (χ1n) is 8.08. The third-order valence-electron chi connectivity index (χ3n) is 3.99. The SMILES string of the molecule is Oc1ccc(CCNc2cc(-c3ccc4[nH]nnc4c3)nc(O)n2)cc1. The molecule has 0 atom stereocenters. The maximum absolute atomic E-state index is 9.85. The van der Waals surface area contributed by atoms with Crippen molar-refractivity contribution < 1.29 is 10.2 Å². The van der Waals surface area contributed by atoms with Gasteiger partial charge in [-0.1, -0.05) is 23.4 Å². The van der Waals surface area contributed by atoms with Gasteiger partial charge in [0.1, 0.15) is 17.1 Å². The smallest absolute Gasteiger partial charge is 0.316 e. The number of phenols is 1. The van der Waals surface area contributed by atoms with E-state index in [9.17, 15) is 10.2 Å². The number of benzene rings is 2. The largest absolute Gasteiger partial charge is 0.508 e. The number of fused-ring (bicyclic) bond motifs is 1. The fourth-order valence-corrected chi connectivity index (χ4v) is 2.67. The number of aromatic amines is 1. The van der Waals surface area contributed by atoms with Gasteiger partial charge < -0.3 is 15.5 Å². The van der Waals surface area contributed by atoms with E-state index in [1.54, 1.807) is 18.2 Å². The monoisotopic (exact) mass is 348 g/mol. The molecule has 4 N–H and O–H groups in total. The Labute approximate surface area is 148 Å². The fourth-order valence-electron chi connectivity index (χ4n) is 2.67. The van der Waals surface area contributed by atoms with Gasteiger partial charge in [0, 0.05) is 18.2 Å². The number of aromatic hydroxyl groups is 2. The Morgan fingerprint density at radius 3 is 2.65 bits per heavy atom. The fraction of sp³-hybridized carbons (Fsp3) is 0.111. The number of anilines is 1. The molecule has 0 saturated heterocycles. The lowest BCUT2D eigenvalue weighted by molar-refractivity contribution is 0.432. The zero-order valence-electron chi connectivity index (χ0n) is 13.7. The second kappa shape index (κ2) is 6.67. The van der Waals surface area contributed by atoms with Crippen molar-refractivity contribution in [3.63, 3.8) is 0 Å². The predicted molar refractivity (Wildman–Crippen MR) is 96.9 cm³/mol. The van der Waals surface area contributed by atoms with Gasteiger partial charge in [-0.15, -0.1) is 5.10 Å². The van der Waals surface area contributed by atoms with E-state index >= 15 is 0 Å². The zero-order valence-corrected chi connectivity index (χ0v) is 13.7. The molecule has 2 heterocycles. The Kier molecular flexibility index (Phi) is 4.06. The van der Waals surface area contributed by atoms with E-state index in [1.807, 2.05) is 30.3 Å². The number of rotatable bonds is 5. The third-order valence-corrected chi connectivity index (χ3v) is 3.99. The molecule has 0 unspecified atom stereocenters. The standard InChI is InChI=1S/C18H16N6O2/c25-13-4-1-11(2-5-13)7-8-19-17-10-15(20-18(26)21-17)12-3-6-14-16(9-12)23-24-22-14/h1-6,9-10,25H,7-8H2,(H,22,23,24)(H2,19,20,21,26). The topological polar surface area (TPSA) is 120 Å². The van der Waals surface area contributed by atoms with Crippen LogP contribution in [0, 0.1) is 0 Å². The zero-order chi connectivity index (χ0) is 17.9. The van der Waals surface area contributed by atoms with Crippen molar-refractivity contribution in [3.05, 3.63) is 54.1 Å². The van der Waals surface area contributed by atoms with Crippen LogP contribution in [-0.4, -0.2) is 42.1 Å². The average Bonchev–Trinajstić information content (AvgIpc) is 3.11. The van der Waals surface area contributed by atoms with Crippen LogP contribution in [-0.2, 0) is 6.42 Å². The molecule has 2 aromatic carbocycles. The molecule has 0 bridgehead atoms. The minimum absolute atomic E-state index is 0.246. The molecule has 2 aromatic heterocycles. The lowest BCUT2D eigenvalue weighted by Crippen LogP contribution is -2.07. The van der Waals surface area contributed by atoms with Crippen molar-refractivity contribution >= 4 is 16.9 Å². The highest BCUT2D eigenvalue weighted by molar-refractivity contribution is 5.80. The van der Waals surface area contributed by atoms with Crippen LogP contribution in [0.2, 0.25) is 0 Å². The van der Waals surface area contributed by atoms with E-state index in [4.69, 9.17) is 0 Å². The van der Waals surface area contributed by atoms with Gasteiger partial charge in [0.05, 0.1) is 11.2 Å².